The molecular weight excluding hydrogens is 311 g/mol. The minimum absolute atomic E-state index is 0.427. The van der Waals surface area contributed by atoms with E-state index < -0.39 is 17.2 Å². The number of alkyl halides is 3. The first-order valence-corrected chi connectivity index (χ1v) is 6.83. The maximum absolute atomic E-state index is 12.5. The normalized spacial score (nSPS) is 13.4. The highest BCUT2D eigenvalue weighted by Crippen LogP contribution is 2.35. The second kappa shape index (κ2) is 6.09. The highest BCUT2D eigenvalue weighted by atomic mass is 35.5. The van der Waals surface area contributed by atoms with Crippen molar-refractivity contribution in [3.05, 3.63) is 50.9 Å². The summed E-state index contributed by atoms with van der Waals surface area (Å²) in [7, 11) is 0. The van der Waals surface area contributed by atoms with Gasteiger partial charge >= 0.3 is 6.18 Å². The van der Waals surface area contributed by atoms with Gasteiger partial charge in [-0.2, -0.15) is 13.2 Å². The molecule has 0 aliphatic heterocycles. The second-order valence-electron chi connectivity index (χ2n) is 4.12. The average molecular weight is 322 g/mol. The van der Waals surface area contributed by atoms with Crippen molar-refractivity contribution >= 4 is 22.9 Å². The van der Waals surface area contributed by atoms with Crippen LogP contribution < -0.4 is 11.3 Å². The van der Waals surface area contributed by atoms with Crippen LogP contribution in [0.15, 0.2) is 30.5 Å². The quantitative estimate of drug-likeness (QED) is 0.668. The van der Waals surface area contributed by atoms with E-state index in [0.717, 1.165) is 5.56 Å². The van der Waals surface area contributed by atoms with Crippen molar-refractivity contribution in [1.29, 1.82) is 0 Å². The zero-order valence-corrected chi connectivity index (χ0v) is 11.7. The molecule has 2 rings (SSSR count). The number of nitrogens with zero attached hydrogens (tertiary/aromatic N) is 1. The number of thiazole rings is 1. The fourth-order valence-corrected chi connectivity index (χ4v) is 2.78. The summed E-state index contributed by atoms with van der Waals surface area (Å²) in [5.74, 6) is 5.42. The van der Waals surface area contributed by atoms with Crippen molar-refractivity contribution in [2.75, 3.05) is 0 Å². The number of halogens is 4. The molecule has 0 spiro atoms. The lowest BCUT2D eigenvalue weighted by Gasteiger charge is -2.13. The lowest BCUT2D eigenvalue weighted by Crippen LogP contribution is -2.29. The molecule has 0 aliphatic rings. The van der Waals surface area contributed by atoms with Crippen LogP contribution in [0.4, 0.5) is 13.2 Å². The molecule has 1 unspecified atom stereocenters. The Kier molecular flexibility index (Phi) is 4.64. The van der Waals surface area contributed by atoms with Crippen molar-refractivity contribution in [3.63, 3.8) is 0 Å². The molecule has 1 atom stereocenters. The first-order chi connectivity index (χ1) is 9.40. The second-order valence-corrected chi connectivity index (χ2v) is 5.62. The minimum atomic E-state index is -4.43. The van der Waals surface area contributed by atoms with Crippen molar-refractivity contribution in [2.24, 2.45) is 5.84 Å². The number of hydrogen-bond donors (Lipinski definition) is 2. The molecule has 20 heavy (non-hydrogen) atoms. The average Bonchev–Trinajstić information content (AvgIpc) is 2.85. The molecule has 1 heterocycles. The van der Waals surface area contributed by atoms with E-state index in [9.17, 15) is 13.2 Å². The van der Waals surface area contributed by atoms with Gasteiger partial charge in [-0.25, -0.2) is 4.98 Å². The van der Waals surface area contributed by atoms with Crippen molar-refractivity contribution in [2.45, 2.75) is 18.6 Å². The van der Waals surface area contributed by atoms with Gasteiger partial charge in [-0.15, -0.1) is 11.3 Å². The Hall–Kier alpha value is -1.15. The Bertz CT molecular complexity index is 585. The number of nitrogens with two attached hydrogens (primary N) is 1. The molecule has 0 amide bonds. The molecule has 108 valence electrons. The first-order valence-electron chi connectivity index (χ1n) is 5.63. The minimum Gasteiger partial charge on any atom is -0.271 e. The molecule has 3 N–H and O–H groups in total. The van der Waals surface area contributed by atoms with Gasteiger partial charge in [-0.1, -0.05) is 23.7 Å². The van der Waals surface area contributed by atoms with Crippen molar-refractivity contribution in [3.8, 4) is 0 Å². The smallest absolute Gasteiger partial charge is 0.271 e. The zero-order valence-electron chi connectivity index (χ0n) is 10.1. The third kappa shape index (κ3) is 3.69. The number of rotatable bonds is 4. The summed E-state index contributed by atoms with van der Waals surface area (Å²) in [4.78, 5) is 3.82. The third-order valence-corrected chi connectivity index (χ3v) is 4.03. The highest BCUT2D eigenvalue weighted by Gasteiger charge is 2.35. The van der Waals surface area contributed by atoms with Gasteiger partial charge in [0, 0.05) is 16.1 Å². The topological polar surface area (TPSA) is 50.9 Å². The van der Waals surface area contributed by atoms with Crippen molar-refractivity contribution < 1.29 is 13.2 Å². The SMILES string of the molecule is NNC(Cc1cccc(Cl)c1)c1cnc(C(F)(F)F)s1. The lowest BCUT2D eigenvalue weighted by molar-refractivity contribution is -0.137. The molecule has 2 aromatic rings. The van der Waals surface area contributed by atoms with E-state index in [1.807, 2.05) is 6.07 Å². The predicted octanol–water partition coefficient (Wildman–Crippen LogP) is 3.56. The van der Waals surface area contributed by atoms with Crippen LogP contribution in [-0.4, -0.2) is 4.98 Å². The molecular formula is C12H11ClF3N3S. The summed E-state index contributed by atoms with van der Waals surface area (Å²) in [6.07, 6.45) is -2.81. The molecule has 3 nitrogen and oxygen atoms in total. The maximum Gasteiger partial charge on any atom is 0.443 e. The van der Waals surface area contributed by atoms with Gasteiger partial charge < -0.3 is 0 Å². The van der Waals surface area contributed by atoms with Gasteiger partial charge in [-0.3, -0.25) is 11.3 Å². The van der Waals surface area contributed by atoms with E-state index in [0.29, 0.717) is 27.7 Å². The first kappa shape index (κ1) is 15.2. The Morgan fingerprint density at radius 1 is 1.40 bits per heavy atom. The summed E-state index contributed by atoms with van der Waals surface area (Å²) in [5, 5.41) is -0.308. The van der Waals surface area contributed by atoms with Gasteiger partial charge in [0.2, 0.25) is 0 Å². The van der Waals surface area contributed by atoms with Crippen molar-refractivity contribution in [1.82, 2.24) is 10.4 Å². The van der Waals surface area contributed by atoms with Crippen LogP contribution in [0.2, 0.25) is 5.02 Å². The highest BCUT2D eigenvalue weighted by molar-refractivity contribution is 7.11. The molecule has 0 radical (unpaired) electrons. The largest absolute Gasteiger partial charge is 0.443 e. The van der Waals surface area contributed by atoms with Gasteiger partial charge in [-0.05, 0) is 24.1 Å². The van der Waals surface area contributed by atoms with Crippen LogP contribution >= 0.6 is 22.9 Å². The molecule has 0 saturated carbocycles. The van der Waals surface area contributed by atoms with Gasteiger partial charge in [0.15, 0.2) is 5.01 Å². The Morgan fingerprint density at radius 3 is 2.70 bits per heavy atom. The van der Waals surface area contributed by atoms with Crippen LogP contribution in [0.25, 0.3) is 0 Å². The van der Waals surface area contributed by atoms with Crippen LogP contribution in [-0.2, 0) is 12.6 Å². The maximum atomic E-state index is 12.5. The van der Waals surface area contributed by atoms with Gasteiger partial charge in [0.25, 0.3) is 0 Å². The third-order valence-electron chi connectivity index (χ3n) is 2.64. The van der Waals surface area contributed by atoms with Crippen LogP contribution in [0.5, 0.6) is 0 Å². The molecule has 0 saturated heterocycles. The molecule has 0 aliphatic carbocycles. The standard InChI is InChI=1S/C12H11ClF3N3S/c13-8-3-1-2-7(4-8)5-9(19-17)10-6-18-11(20-10)12(14,15)16/h1-4,6,9,19H,5,17H2. The Balaban J connectivity index is 2.18. The molecule has 0 bridgehead atoms. The Labute approximate surface area is 122 Å². The monoisotopic (exact) mass is 321 g/mol. The van der Waals surface area contributed by atoms with Crippen LogP contribution in [0.3, 0.4) is 0 Å². The summed E-state index contributed by atoms with van der Waals surface area (Å²) in [5.41, 5.74) is 3.39. The number of hydrazine groups is 1. The van der Waals surface area contributed by atoms with E-state index in [-0.39, 0.29) is 0 Å². The van der Waals surface area contributed by atoms with E-state index in [1.165, 1.54) is 6.20 Å². The molecule has 1 aromatic carbocycles. The lowest BCUT2D eigenvalue weighted by atomic mass is 10.1. The Morgan fingerprint density at radius 2 is 2.15 bits per heavy atom. The summed E-state index contributed by atoms with van der Waals surface area (Å²) in [6.45, 7) is 0. The summed E-state index contributed by atoms with van der Waals surface area (Å²) < 4.78 is 37.6. The van der Waals surface area contributed by atoms with E-state index in [1.54, 1.807) is 18.2 Å². The van der Waals surface area contributed by atoms with Crippen LogP contribution in [0.1, 0.15) is 21.5 Å². The van der Waals surface area contributed by atoms with Gasteiger partial charge in [0.1, 0.15) is 0 Å². The number of hydrogen-bond acceptors (Lipinski definition) is 4. The molecule has 8 heteroatoms. The van der Waals surface area contributed by atoms with E-state index >= 15 is 0 Å². The number of nitrogens with one attached hydrogen (secondary N) is 1. The number of aromatic nitrogens is 1. The number of benzene rings is 1. The van der Waals surface area contributed by atoms with E-state index in [2.05, 4.69) is 10.4 Å². The fourth-order valence-electron chi connectivity index (χ4n) is 1.72. The predicted molar refractivity (Wildman–Crippen MR) is 72.3 cm³/mol. The summed E-state index contributed by atoms with van der Waals surface area (Å²) in [6, 6.07) is 6.64. The zero-order chi connectivity index (χ0) is 14.8. The van der Waals surface area contributed by atoms with E-state index in [4.69, 9.17) is 17.4 Å². The summed E-state index contributed by atoms with van der Waals surface area (Å²) >= 11 is 6.46. The molecule has 0 fully saturated rings. The molecule has 1 aromatic heterocycles. The van der Waals surface area contributed by atoms with Gasteiger partial charge in [0.05, 0.1) is 6.04 Å². The van der Waals surface area contributed by atoms with Crippen LogP contribution in [0, 0.1) is 0 Å². The fraction of sp³-hybridized carbons (Fsp3) is 0.250.